The summed E-state index contributed by atoms with van der Waals surface area (Å²) in [4.78, 5) is 0. The molecule has 0 aliphatic heterocycles. The minimum Gasteiger partial charge on any atom is -0.453 e. The summed E-state index contributed by atoms with van der Waals surface area (Å²) in [5.74, 6) is 2.54. The second kappa shape index (κ2) is 9.25. The minimum absolute atomic E-state index is 0. The van der Waals surface area contributed by atoms with E-state index < -0.39 is 12.1 Å². The van der Waals surface area contributed by atoms with Gasteiger partial charge in [0.05, 0.1) is 12.1 Å². The molecule has 136 valence electrons. The van der Waals surface area contributed by atoms with Crippen LogP contribution in [0.3, 0.4) is 0 Å². The van der Waals surface area contributed by atoms with Gasteiger partial charge >= 0.3 is 0 Å². The summed E-state index contributed by atoms with van der Waals surface area (Å²) in [5, 5.41) is 9.76. The molecule has 0 heterocycles. The van der Waals surface area contributed by atoms with Crippen molar-refractivity contribution >= 4 is 12.4 Å². The van der Waals surface area contributed by atoms with Gasteiger partial charge in [0.1, 0.15) is 11.5 Å². The number of aliphatic hydroxyl groups is 1. The maximum atomic E-state index is 9.76. The highest BCUT2D eigenvalue weighted by Gasteiger charge is 2.16. The summed E-state index contributed by atoms with van der Waals surface area (Å²) in [5.41, 5.74) is 6.84. The first kappa shape index (κ1) is 19.8. The first-order valence-corrected chi connectivity index (χ1v) is 8.17. The Morgan fingerprint density at radius 2 is 1.27 bits per heavy atom. The molecule has 0 saturated carbocycles. The van der Waals surface area contributed by atoms with Gasteiger partial charge < -0.3 is 20.3 Å². The van der Waals surface area contributed by atoms with Gasteiger partial charge in [-0.15, -0.1) is 12.4 Å². The Kier molecular flexibility index (Phi) is 7.04. The fourth-order valence-corrected chi connectivity index (χ4v) is 2.41. The quantitative estimate of drug-likeness (QED) is 0.634. The molecule has 0 fully saturated rings. The number of nitrogens with two attached hydrogens (primary N) is 1. The summed E-state index contributed by atoms with van der Waals surface area (Å²) in [6.07, 6.45) is -0.662. The lowest BCUT2D eigenvalue weighted by Crippen LogP contribution is -2.23. The number of para-hydroxylation sites is 2. The Balaban J connectivity index is 0.00000243. The van der Waals surface area contributed by atoms with Crippen molar-refractivity contribution in [2.24, 2.45) is 5.73 Å². The molecule has 3 aromatic rings. The molecule has 26 heavy (non-hydrogen) atoms. The van der Waals surface area contributed by atoms with Crippen molar-refractivity contribution in [1.29, 1.82) is 0 Å². The molecular formula is C21H22ClNO3. The smallest absolute Gasteiger partial charge is 0.170 e. The van der Waals surface area contributed by atoms with Crippen LogP contribution in [0.15, 0.2) is 78.9 Å². The third-order valence-corrected chi connectivity index (χ3v) is 3.81. The van der Waals surface area contributed by atoms with E-state index in [-0.39, 0.29) is 12.4 Å². The van der Waals surface area contributed by atoms with Crippen LogP contribution in [0.25, 0.3) is 0 Å². The maximum absolute atomic E-state index is 9.76. The van der Waals surface area contributed by atoms with E-state index in [2.05, 4.69) is 0 Å². The lowest BCUT2D eigenvalue weighted by Gasteiger charge is -2.18. The predicted molar refractivity (Wildman–Crippen MR) is 105 cm³/mol. The van der Waals surface area contributed by atoms with E-state index in [0.717, 1.165) is 5.56 Å². The maximum Gasteiger partial charge on any atom is 0.170 e. The Labute approximate surface area is 159 Å². The van der Waals surface area contributed by atoms with Gasteiger partial charge in [-0.1, -0.05) is 42.5 Å². The Morgan fingerprint density at radius 3 is 1.77 bits per heavy atom. The van der Waals surface area contributed by atoms with Gasteiger partial charge in [-0.2, -0.15) is 0 Å². The topological polar surface area (TPSA) is 64.7 Å². The van der Waals surface area contributed by atoms with E-state index in [1.54, 1.807) is 6.92 Å². The molecular weight excluding hydrogens is 350 g/mol. The molecule has 3 aromatic carbocycles. The van der Waals surface area contributed by atoms with Gasteiger partial charge in [-0.05, 0) is 48.9 Å². The van der Waals surface area contributed by atoms with E-state index in [0.29, 0.717) is 23.0 Å². The Morgan fingerprint density at radius 1 is 0.769 bits per heavy atom. The first-order valence-electron chi connectivity index (χ1n) is 8.17. The summed E-state index contributed by atoms with van der Waals surface area (Å²) in [6, 6.07) is 23.9. The molecule has 0 amide bonds. The van der Waals surface area contributed by atoms with E-state index in [1.807, 2.05) is 78.9 Å². The number of aliphatic hydroxyl groups excluding tert-OH is 1. The molecule has 0 radical (unpaired) electrons. The fraction of sp³-hybridized carbons (Fsp3) is 0.143. The van der Waals surface area contributed by atoms with Crippen molar-refractivity contribution in [2.75, 3.05) is 0 Å². The molecule has 0 aromatic heterocycles. The normalized spacial score (nSPS) is 12.6. The Bertz CT molecular complexity index is 810. The van der Waals surface area contributed by atoms with Crippen LogP contribution in [0.2, 0.25) is 0 Å². The molecule has 0 unspecified atom stereocenters. The van der Waals surface area contributed by atoms with E-state index in [9.17, 15) is 5.11 Å². The highest BCUT2D eigenvalue weighted by atomic mass is 35.5. The second-order valence-electron chi connectivity index (χ2n) is 5.80. The molecule has 5 heteroatoms. The summed E-state index contributed by atoms with van der Waals surface area (Å²) in [7, 11) is 0. The molecule has 0 bridgehead atoms. The molecule has 0 aliphatic carbocycles. The van der Waals surface area contributed by atoms with Gasteiger partial charge in [-0.3, -0.25) is 0 Å². The zero-order chi connectivity index (χ0) is 17.6. The highest BCUT2D eigenvalue weighted by Crippen LogP contribution is 2.36. The molecule has 2 atom stereocenters. The van der Waals surface area contributed by atoms with Crippen molar-refractivity contribution in [2.45, 2.75) is 19.1 Å². The SMILES string of the molecule is C[C@@H](O)[C@@H](N)c1ccc(Oc2ccccc2)c(Oc2ccccc2)c1.Cl. The predicted octanol–water partition coefficient (Wildman–Crippen LogP) is 5.07. The van der Waals surface area contributed by atoms with Gasteiger partial charge in [0.2, 0.25) is 0 Å². The lowest BCUT2D eigenvalue weighted by atomic mass is 10.0. The number of hydrogen-bond acceptors (Lipinski definition) is 4. The van der Waals surface area contributed by atoms with Crippen LogP contribution < -0.4 is 15.2 Å². The average molecular weight is 372 g/mol. The molecule has 0 aliphatic rings. The standard InChI is InChI=1S/C21H21NO3.ClH/c1-15(23)21(22)16-12-13-19(24-17-8-4-2-5-9-17)20(14-16)25-18-10-6-3-7-11-18;/h2-15,21,23H,22H2,1H3;1H/t15-,21-;/m1./s1. The number of ether oxygens (including phenoxy) is 2. The van der Waals surface area contributed by atoms with Gasteiger partial charge in [0.25, 0.3) is 0 Å². The monoisotopic (exact) mass is 371 g/mol. The zero-order valence-electron chi connectivity index (χ0n) is 14.4. The second-order valence-corrected chi connectivity index (χ2v) is 5.80. The van der Waals surface area contributed by atoms with Gasteiger partial charge in [0, 0.05) is 0 Å². The van der Waals surface area contributed by atoms with Crippen LogP contribution in [0, 0.1) is 0 Å². The average Bonchev–Trinajstić information content (AvgIpc) is 2.64. The number of benzene rings is 3. The van der Waals surface area contributed by atoms with Crippen molar-refractivity contribution in [1.82, 2.24) is 0 Å². The molecule has 0 spiro atoms. The summed E-state index contributed by atoms with van der Waals surface area (Å²) in [6.45, 7) is 1.66. The fourth-order valence-electron chi connectivity index (χ4n) is 2.41. The van der Waals surface area contributed by atoms with E-state index in [4.69, 9.17) is 15.2 Å². The van der Waals surface area contributed by atoms with E-state index >= 15 is 0 Å². The third kappa shape index (κ3) is 4.99. The van der Waals surface area contributed by atoms with Crippen LogP contribution in [0.1, 0.15) is 18.5 Å². The minimum atomic E-state index is -0.662. The van der Waals surface area contributed by atoms with Crippen LogP contribution in [-0.2, 0) is 0 Å². The molecule has 3 rings (SSSR count). The highest BCUT2D eigenvalue weighted by molar-refractivity contribution is 5.85. The van der Waals surface area contributed by atoms with Crippen molar-refractivity contribution in [3.63, 3.8) is 0 Å². The lowest BCUT2D eigenvalue weighted by molar-refractivity contribution is 0.164. The largest absolute Gasteiger partial charge is 0.453 e. The first-order chi connectivity index (χ1) is 12.1. The van der Waals surface area contributed by atoms with Gasteiger partial charge in [0.15, 0.2) is 11.5 Å². The van der Waals surface area contributed by atoms with Crippen LogP contribution in [0.5, 0.6) is 23.0 Å². The summed E-state index contributed by atoms with van der Waals surface area (Å²) >= 11 is 0. The molecule has 4 nitrogen and oxygen atoms in total. The van der Waals surface area contributed by atoms with Crippen molar-refractivity contribution in [3.05, 3.63) is 84.4 Å². The number of hydrogen-bond donors (Lipinski definition) is 2. The van der Waals surface area contributed by atoms with Gasteiger partial charge in [-0.25, -0.2) is 0 Å². The zero-order valence-corrected chi connectivity index (χ0v) is 15.2. The van der Waals surface area contributed by atoms with Crippen LogP contribution in [0.4, 0.5) is 0 Å². The van der Waals surface area contributed by atoms with Crippen molar-refractivity contribution in [3.8, 4) is 23.0 Å². The van der Waals surface area contributed by atoms with Crippen molar-refractivity contribution < 1.29 is 14.6 Å². The molecule has 0 saturated heterocycles. The number of halogens is 1. The Hall–Kier alpha value is -2.53. The molecule has 3 N–H and O–H groups in total. The van der Waals surface area contributed by atoms with Crippen LogP contribution >= 0.6 is 12.4 Å². The van der Waals surface area contributed by atoms with Crippen LogP contribution in [-0.4, -0.2) is 11.2 Å². The summed E-state index contributed by atoms with van der Waals surface area (Å²) < 4.78 is 11.9. The van der Waals surface area contributed by atoms with E-state index in [1.165, 1.54) is 0 Å². The third-order valence-electron chi connectivity index (χ3n) is 3.81. The number of rotatable bonds is 6.